The fourth-order valence-corrected chi connectivity index (χ4v) is 1.61. The molecule has 1 amide bonds. The lowest BCUT2D eigenvalue weighted by molar-refractivity contribution is -0.131. The number of carboxylic acids is 1. The van der Waals surface area contributed by atoms with Gasteiger partial charge in [-0.05, 0) is 30.2 Å². The van der Waals surface area contributed by atoms with E-state index in [9.17, 15) is 9.59 Å². The first kappa shape index (κ1) is 14.0. The van der Waals surface area contributed by atoms with E-state index in [4.69, 9.17) is 16.7 Å². The van der Waals surface area contributed by atoms with Gasteiger partial charge in [-0.15, -0.1) is 0 Å². The zero-order valence-corrected chi connectivity index (χ0v) is 10.5. The fourth-order valence-electron chi connectivity index (χ4n) is 1.27. The van der Waals surface area contributed by atoms with Crippen LogP contribution in [0.1, 0.15) is 12.5 Å². The molecule has 0 aromatic heterocycles. The van der Waals surface area contributed by atoms with Crippen LogP contribution >= 0.6 is 11.6 Å². The average molecular weight is 266 g/mol. The Labute approximate surface area is 110 Å². The van der Waals surface area contributed by atoms with E-state index >= 15 is 0 Å². The van der Waals surface area contributed by atoms with Gasteiger partial charge >= 0.3 is 5.97 Å². The zero-order valence-electron chi connectivity index (χ0n) is 9.74. The Kier molecular flexibility index (Phi) is 4.68. The summed E-state index contributed by atoms with van der Waals surface area (Å²) < 4.78 is 0. The zero-order chi connectivity index (χ0) is 13.7. The molecule has 18 heavy (non-hydrogen) atoms. The molecule has 0 saturated carbocycles. The number of carbonyl (C=O) groups excluding carboxylic acids is 1. The summed E-state index contributed by atoms with van der Waals surface area (Å²) in [6, 6.07) is 4.99. The lowest BCUT2D eigenvalue weighted by Crippen LogP contribution is -2.08. The molecule has 1 aromatic carbocycles. The molecule has 0 saturated heterocycles. The SMILES string of the molecule is C=C(C)c1ccc(NC(=O)/C=C\C(=O)O)cc1Cl. The minimum Gasteiger partial charge on any atom is -0.478 e. The minimum atomic E-state index is -1.18. The van der Waals surface area contributed by atoms with Crippen molar-refractivity contribution >= 4 is 34.7 Å². The van der Waals surface area contributed by atoms with E-state index in [1.165, 1.54) is 0 Å². The molecule has 0 spiro atoms. The molecule has 0 aliphatic heterocycles. The normalized spacial score (nSPS) is 10.3. The Bertz CT molecular complexity index is 535. The van der Waals surface area contributed by atoms with Crippen LogP contribution in [0.3, 0.4) is 0 Å². The quantitative estimate of drug-likeness (QED) is 0.823. The van der Waals surface area contributed by atoms with Gasteiger partial charge in [-0.3, -0.25) is 4.79 Å². The van der Waals surface area contributed by atoms with Gasteiger partial charge in [0, 0.05) is 17.8 Å². The first-order chi connectivity index (χ1) is 8.40. The topological polar surface area (TPSA) is 66.4 Å². The first-order valence-electron chi connectivity index (χ1n) is 5.07. The Morgan fingerprint density at radius 3 is 2.56 bits per heavy atom. The second kappa shape index (κ2) is 6.02. The molecule has 4 nitrogen and oxygen atoms in total. The third kappa shape index (κ3) is 4.07. The molecule has 2 N–H and O–H groups in total. The largest absolute Gasteiger partial charge is 0.478 e. The van der Waals surface area contributed by atoms with E-state index in [0.29, 0.717) is 10.7 Å². The number of carboxylic acid groups (broad SMARTS) is 1. The Morgan fingerprint density at radius 2 is 2.06 bits per heavy atom. The van der Waals surface area contributed by atoms with Gasteiger partial charge in [-0.1, -0.05) is 24.2 Å². The molecule has 0 heterocycles. The Hall–Kier alpha value is -2.07. The molecule has 5 heteroatoms. The number of rotatable bonds is 4. The second-order valence-corrected chi connectivity index (χ2v) is 4.04. The smallest absolute Gasteiger partial charge is 0.328 e. The standard InChI is InChI=1S/C13H12ClNO3/c1-8(2)10-4-3-9(7-11(10)14)15-12(16)5-6-13(17)18/h3-7H,1H2,2H3,(H,15,16)(H,17,18)/b6-5-. The molecule has 94 valence electrons. The third-order valence-electron chi connectivity index (χ3n) is 2.07. The van der Waals surface area contributed by atoms with E-state index in [2.05, 4.69) is 11.9 Å². The van der Waals surface area contributed by atoms with E-state index < -0.39 is 11.9 Å². The van der Waals surface area contributed by atoms with Crippen molar-refractivity contribution in [3.05, 3.63) is 47.5 Å². The van der Waals surface area contributed by atoms with Gasteiger partial charge in [0.25, 0.3) is 0 Å². The van der Waals surface area contributed by atoms with Gasteiger partial charge in [-0.2, -0.15) is 0 Å². The van der Waals surface area contributed by atoms with Gasteiger partial charge < -0.3 is 10.4 Å². The third-order valence-corrected chi connectivity index (χ3v) is 2.39. The number of aliphatic carboxylic acids is 1. The molecule has 1 aromatic rings. The summed E-state index contributed by atoms with van der Waals surface area (Å²) in [4.78, 5) is 21.6. The Balaban J connectivity index is 2.81. The number of halogens is 1. The summed E-state index contributed by atoms with van der Waals surface area (Å²) >= 11 is 6.01. The lowest BCUT2D eigenvalue weighted by atomic mass is 10.1. The average Bonchev–Trinajstić information content (AvgIpc) is 2.26. The van der Waals surface area contributed by atoms with Crippen LogP contribution in [0, 0.1) is 0 Å². The molecule has 0 unspecified atom stereocenters. The van der Waals surface area contributed by atoms with Crippen LogP contribution in [0.4, 0.5) is 5.69 Å². The predicted octanol–water partition coefficient (Wildman–Crippen LogP) is 2.95. The number of nitrogens with one attached hydrogen (secondary N) is 1. The van der Waals surface area contributed by atoms with Gasteiger partial charge in [0.1, 0.15) is 0 Å². The number of benzene rings is 1. The number of allylic oxidation sites excluding steroid dienone is 1. The predicted molar refractivity (Wildman–Crippen MR) is 71.6 cm³/mol. The van der Waals surface area contributed by atoms with Gasteiger partial charge in [0.15, 0.2) is 0 Å². The highest BCUT2D eigenvalue weighted by Gasteiger charge is 2.04. The number of hydrogen-bond donors (Lipinski definition) is 2. The van der Waals surface area contributed by atoms with Crippen molar-refractivity contribution in [2.75, 3.05) is 5.32 Å². The van der Waals surface area contributed by atoms with Crippen molar-refractivity contribution in [3.8, 4) is 0 Å². The molecule has 1 rings (SSSR count). The number of anilines is 1. The molecule has 0 aliphatic rings. The van der Waals surface area contributed by atoms with E-state index in [0.717, 1.165) is 23.3 Å². The maximum atomic E-state index is 11.3. The van der Waals surface area contributed by atoms with Crippen molar-refractivity contribution in [2.24, 2.45) is 0 Å². The highest BCUT2D eigenvalue weighted by atomic mass is 35.5. The summed E-state index contributed by atoms with van der Waals surface area (Å²) in [6.07, 6.45) is 1.70. The highest BCUT2D eigenvalue weighted by Crippen LogP contribution is 2.25. The van der Waals surface area contributed by atoms with E-state index in [1.54, 1.807) is 18.2 Å². The molecule has 0 aliphatic carbocycles. The summed E-state index contributed by atoms with van der Waals surface area (Å²) in [5, 5.41) is 11.3. The molecular formula is C13H12ClNO3. The number of amides is 1. The van der Waals surface area contributed by atoms with Crippen molar-refractivity contribution in [3.63, 3.8) is 0 Å². The van der Waals surface area contributed by atoms with Crippen LogP contribution in [0.5, 0.6) is 0 Å². The van der Waals surface area contributed by atoms with Gasteiger partial charge in [0.2, 0.25) is 5.91 Å². The first-order valence-corrected chi connectivity index (χ1v) is 5.45. The molecular weight excluding hydrogens is 254 g/mol. The van der Waals surface area contributed by atoms with E-state index in [-0.39, 0.29) is 0 Å². The van der Waals surface area contributed by atoms with Crippen molar-refractivity contribution < 1.29 is 14.7 Å². The maximum absolute atomic E-state index is 11.3. The van der Waals surface area contributed by atoms with Gasteiger partial charge in [-0.25, -0.2) is 4.79 Å². The van der Waals surface area contributed by atoms with Crippen molar-refractivity contribution in [2.45, 2.75) is 6.92 Å². The molecule has 0 bridgehead atoms. The van der Waals surface area contributed by atoms with Crippen LogP contribution in [-0.4, -0.2) is 17.0 Å². The summed E-state index contributed by atoms with van der Waals surface area (Å²) in [5.74, 6) is -1.71. The fraction of sp³-hybridized carbons (Fsp3) is 0.0769. The minimum absolute atomic E-state index is 0.475. The molecule has 0 fully saturated rings. The maximum Gasteiger partial charge on any atom is 0.328 e. The van der Waals surface area contributed by atoms with Crippen molar-refractivity contribution in [1.29, 1.82) is 0 Å². The molecule has 0 atom stereocenters. The summed E-state index contributed by atoms with van der Waals surface area (Å²) in [5.41, 5.74) is 2.12. The van der Waals surface area contributed by atoms with Gasteiger partial charge in [0.05, 0.1) is 5.02 Å². The van der Waals surface area contributed by atoms with Crippen LogP contribution in [0.2, 0.25) is 5.02 Å². The van der Waals surface area contributed by atoms with Crippen LogP contribution in [0.25, 0.3) is 5.57 Å². The van der Waals surface area contributed by atoms with Crippen LogP contribution in [0.15, 0.2) is 36.9 Å². The summed E-state index contributed by atoms with van der Waals surface area (Å²) in [7, 11) is 0. The number of hydrogen-bond acceptors (Lipinski definition) is 2. The molecule has 0 radical (unpaired) electrons. The summed E-state index contributed by atoms with van der Waals surface area (Å²) in [6.45, 7) is 5.61. The second-order valence-electron chi connectivity index (χ2n) is 3.64. The highest BCUT2D eigenvalue weighted by molar-refractivity contribution is 6.32. The van der Waals surface area contributed by atoms with E-state index in [1.807, 2.05) is 6.92 Å². The number of carbonyl (C=O) groups is 2. The monoisotopic (exact) mass is 265 g/mol. The van der Waals surface area contributed by atoms with Crippen molar-refractivity contribution in [1.82, 2.24) is 0 Å². The lowest BCUT2D eigenvalue weighted by Gasteiger charge is -2.07. The Morgan fingerprint density at radius 1 is 1.39 bits per heavy atom. The van der Waals surface area contributed by atoms with Crippen LogP contribution in [-0.2, 0) is 9.59 Å². The van der Waals surface area contributed by atoms with Crippen LogP contribution < -0.4 is 5.32 Å².